The zero-order valence-electron chi connectivity index (χ0n) is 14.7. The van der Waals surface area contributed by atoms with E-state index in [4.69, 9.17) is 10.5 Å². The van der Waals surface area contributed by atoms with Crippen LogP contribution in [-0.4, -0.2) is 36.5 Å². The standard InChI is InChI=1S/C18H29N3O2/c1-18(2,3)20-17(22)13-8-10-21(11-9-13)12-14-6-5-7-15(19)16(14)23-4/h5-7,13H,8-12,19H2,1-4H3,(H,20,22). The average molecular weight is 319 g/mol. The highest BCUT2D eigenvalue weighted by atomic mass is 16.5. The highest BCUT2D eigenvalue weighted by molar-refractivity contribution is 5.79. The van der Waals surface area contributed by atoms with Crippen LogP contribution in [0.5, 0.6) is 5.75 Å². The summed E-state index contributed by atoms with van der Waals surface area (Å²) in [6.07, 6.45) is 1.79. The normalized spacial score (nSPS) is 17.0. The summed E-state index contributed by atoms with van der Waals surface area (Å²) in [6, 6.07) is 5.86. The molecule has 0 saturated carbocycles. The summed E-state index contributed by atoms with van der Waals surface area (Å²) < 4.78 is 5.42. The number of carbonyl (C=O) groups is 1. The molecule has 5 heteroatoms. The molecule has 0 spiro atoms. The van der Waals surface area contributed by atoms with Crippen LogP contribution < -0.4 is 15.8 Å². The van der Waals surface area contributed by atoms with Gasteiger partial charge in [0, 0.05) is 23.6 Å². The van der Waals surface area contributed by atoms with Gasteiger partial charge in [-0.25, -0.2) is 0 Å². The van der Waals surface area contributed by atoms with Crippen molar-refractivity contribution >= 4 is 11.6 Å². The number of nitrogens with two attached hydrogens (primary N) is 1. The van der Waals surface area contributed by atoms with E-state index < -0.39 is 0 Å². The second-order valence-corrected chi connectivity index (χ2v) is 7.33. The number of methoxy groups -OCH3 is 1. The van der Waals surface area contributed by atoms with Crippen LogP contribution in [-0.2, 0) is 11.3 Å². The molecule has 0 atom stereocenters. The molecule has 1 heterocycles. The number of nitrogens with one attached hydrogen (secondary N) is 1. The zero-order valence-corrected chi connectivity index (χ0v) is 14.7. The largest absolute Gasteiger partial charge is 0.494 e. The molecule has 1 saturated heterocycles. The average Bonchev–Trinajstić information content (AvgIpc) is 2.46. The Balaban J connectivity index is 1.90. The van der Waals surface area contributed by atoms with E-state index in [0.717, 1.165) is 43.8 Å². The minimum absolute atomic E-state index is 0.119. The molecule has 0 radical (unpaired) electrons. The fraction of sp³-hybridized carbons (Fsp3) is 0.611. The van der Waals surface area contributed by atoms with Crippen LogP contribution in [0.3, 0.4) is 0 Å². The van der Waals surface area contributed by atoms with Crippen molar-refractivity contribution in [3.05, 3.63) is 23.8 Å². The molecular formula is C18H29N3O2. The van der Waals surface area contributed by atoms with Crippen molar-refractivity contribution in [2.24, 2.45) is 5.92 Å². The second-order valence-electron chi connectivity index (χ2n) is 7.33. The molecule has 1 aliphatic rings. The van der Waals surface area contributed by atoms with Crippen molar-refractivity contribution in [3.8, 4) is 5.75 Å². The Labute approximate surface area is 139 Å². The number of benzene rings is 1. The van der Waals surface area contributed by atoms with Crippen LogP contribution in [0.1, 0.15) is 39.2 Å². The summed E-state index contributed by atoms with van der Waals surface area (Å²) in [7, 11) is 1.65. The molecule has 1 fully saturated rings. The lowest BCUT2D eigenvalue weighted by molar-refractivity contribution is -0.127. The number of ether oxygens (including phenoxy) is 1. The first-order chi connectivity index (χ1) is 10.8. The van der Waals surface area contributed by atoms with Gasteiger partial charge >= 0.3 is 0 Å². The van der Waals surface area contributed by atoms with Crippen LogP contribution in [0.4, 0.5) is 5.69 Å². The van der Waals surface area contributed by atoms with Gasteiger partial charge in [-0.2, -0.15) is 0 Å². The van der Waals surface area contributed by atoms with Crippen LogP contribution in [0.15, 0.2) is 18.2 Å². The van der Waals surface area contributed by atoms with Crippen molar-refractivity contribution in [1.82, 2.24) is 10.2 Å². The fourth-order valence-corrected chi connectivity index (χ4v) is 3.04. The number of likely N-dealkylation sites (tertiary alicyclic amines) is 1. The van der Waals surface area contributed by atoms with Crippen LogP contribution in [0.2, 0.25) is 0 Å². The number of hydrogen-bond donors (Lipinski definition) is 2. The van der Waals surface area contributed by atoms with Crippen molar-refractivity contribution in [2.75, 3.05) is 25.9 Å². The molecule has 5 nitrogen and oxygen atoms in total. The number of piperidine rings is 1. The molecule has 1 amide bonds. The Hall–Kier alpha value is -1.75. The quantitative estimate of drug-likeness (QED) is 0.836. The van der Waals surface area contributed by atoms with E-state index in [1.54, 1.807) is 7.11 Å². The maximum Gasteiger partial charge on any atom is 0.223 e. The number of rotatable bonds is 4. The van der Waals surface area contributed by atoms with E-state index in [1.807, 2.05) is 39.0 Å². The van der Waals surface area contributed by atoms with Gasteiger partial charge in [-0.15, -0.1) is 0 Å². The third-order valence-electron chi connectivity index (χ3n) is 4.18. The smallest absolute Gasteiger partial charge is 0.223 e. The third kappa shape index (κ3) is 4.86. The van der Waals surface area contributed by atoms with Crippen molar-refractivity contribution < 1.29 is 9.53 Å². The van der Waals surface area contributed by atoms with Crippen molar-refractivity contribution in [3.63, 3.8) is 0 Å². The third-order valence-corrected chi connectivity index (χ3v) is 4.18. The minimum Gasteiger partial charge on any atom is -0.494 e. The lowest BCUT2D eigenvalue weighted by Gasteiger charge is -2.33. The van der Waals surface area contributed by atoms with E-state index in [9.17, 15) is 4.79 Å². The number of amides is 1. The van der Waals surface area contributed by atoms with E-state index in [1.165, 1.54) is 0 Å². The fourth-order valence-electron chi connectivity index (χ4n) is 3.04. The monoisotopic (exact) mass is 319 g/mol. The molecule has 0 unspecified atom stereocenters. The maximum atomic E-state index is 12.3. The summed E-state index contributed by atoms with van der Waals surface area (Å²) >= 11 is 0. The molecule has 1 aliphatic heterocycles. The van der Waals surface area contributed by atoms with Gasteiger partial charge in [0.1, 0.15) is 5.75 Å². The van der Waals surface area contributed by atoms with Crippen LogP contribution >= 0.6 is 0 Å². The molecule has 1 aromatic rings. The van der Waals surface area contributed by atoms with Crippen molar-refractivity contribution in [1.29, 1.82) is 0 Å². The first-order valence-electron chi connectivity index (χ1n) is 8.26. The van der Waals surface area contributed by atoms with Gasteiger partial charge in [0.2, 0.25) is 5.91 Å². The first kappa shape index (κ1) is 17.6. The van der Waals surface area contributed by atoms with Crippen LogP contribution in [0.25, 0.3) is 0 Å². The highest BCUT2D eigenvalue weighted by Crippen LogP contribution is 2.28. The topological polar surface area (TPSA) is 67.6 Å². The van der Waals surface area contributed by atoms with Gasteiger partial charge in [-0.05, 0) is 52.8 Å². The first-order valence-corrected chi connectivity index (χ1v) is 8.26. The summed E-state index contributed by atoms with van der Waals surface area (Å²) in [6.45, 7) is 8.70. The molecule has 23 heavy (non-hydrogen) atoms. The summed E-state index contributed by atoms with van der Waals surface area (Å²) in [4.78, 5) is 14.6. The number of nitrogen functional groups attached to an aromatic ring is 1. The number of nitrogens with zero attached hydrogens (tertiary/aromatic N) is 1. The van der Waals surface area contributed by atoms with Gasteiger partial charge < -0.3 is 15.8 Å². The summed E-state index contributed by atoms with van der Waals surface area (Å²) in [5.41, 5.74) is 7.57. The maximum absolute atomic E-state index is 12.3. The second kappa shape index (κ2) is 7.21. The molecule has 1 aromatic carbocycles. The van der Waals surface area contributed by atoms with E-state index in [2.05, 4.69) is 10.2 Å². The van der Waals surface area contributed by atoms with E-state index in [0.29, 0.717) is 5.69 Å². The molecule has 0 aliphatic carbocycles. The van der Waals surface area contributed by atoms with Gasteiger partial charge in [-0.3, -0.25) is 9.69 Å². The Morgan fingerprint density at radius 1 is 1.35 bits per heavy atom. The van der Waals surface area contributed by atoms with Gasteiger partial charge in [0.25, 0.3) is 0 Å². The van der Waals surface area contributed by atoms with Gasteiger partial charge in [0.05, 0.1) is 12.8 Å². The Kier molecular flexibility index (Phi) is 5.52. The predicted molar refractivity (Wildman–Crippen MR) is 93.3 cm³/mol. The molecule has 128 valence electrons. The lowest BCUT2D eigenvalue weighted by Crippen LogP contribution is -2.46. The van der Waals surface area contributed by atoms with E-state index >= 15 is 0 Å². The SMILES string of the molecule is COc1c(N)cccc1CN1CCC(C(=O)NC(C)(C)C)CC1. The van der Waals surface area contributed by atoms with E-state index in [-0.39, 0.29) is 17.4 Å². The lowest BCUT2D eigenvalue weighted by atomic mass is 9.94. The number of carbonyl (C=O) groups excluding carboxylic acids is 1. The molecule has 0 bridgehead atoms. The van der Waals surface area contributed by atoms with Crippen LogP contribution in [0, 0.1) is 5.92 Å². The van der Waals surface area contributed by atoms with Gasteiger partial charge in [-0.1, -0.05) is 12.1 Å². The Bertz CT molecular complexity index is 544. The number of anilines is 1. The molecule has 2 rings (SSSR count). The highest BCUT2D eigenvalue weighted by Gasteiger charge is 2.27. The number of para-hydroxylation sites is 1. The Morgan fingerprint density at radius 2 is 2.00 bits per heavy atom. The number of hydrogen-bond acceptors (Lipinski definition) is 4. The molecule has 3 N–H and O–H groups in total. The summed E-state index contributed by atoms with van der Waals surface area (Å²) in [5.74, 6) is 1.06. The molecule has 0 aromatic heterocycles. The Morgan fingerprint density at radius 3 is 2.57 bits per heavy atom. The predicted octanol–water partition coefficient (Wildman–Crippen LogP) is 2.40. The summed E-state index contributed by atoms with van der Waals surface area (Å²) in [5, 5.41) is 3.09. The van der Waals surface area contributed by atoms with Crippen molar-refractivity contribution in [2.45, 2.75) is 45.7 Å². The van der Waals surface area contributed by atoms with Gasteiger partial charge in [0.15, 0.2) is 0 Å². The zero-order chi connectivity index (χ0) is 17.0. The molecular weight excluding hydrogens is 290 g/mol. The minimum atomic E-state index is -0.164.